The number of hydrogen-bond acceptors (Lipinski definition) is 4. The Bertz CT molecular complexity index is 422. The topological polar surface area (TPSA) is 47.6 Å². The Kier molecular flexibility index (Phi) is 7.83. The number of nitriles is 2. The molecule has 0 radical (unpaired) electrons. The van der Waals surface area contributed by atoms with E-state index in [1.165, 1.54) is 21.6 Å². The van der Waals surface area contributed by atoms with Crippen LogP contribution in [0.5, 0.6) is 0 Å². The van der Waals surface area contributed by atoms with E-state index in [1.807, 2.05) is 0 Å². The van der Waals surface area contributed by atoms with Crippen LogP contribution in [0.15, 0.2) is 4.91 Å². The van der Waals surface area contributed by atoms with Crippen LogP contribution in [0.25, 0.3) is 0 Å². The third kappa shape index (κ3) is 4.11. The van der Waals surface area contributed by atoms with E-state index >= 15 is 0 Å². The molecule has 0 aromatic carbocycles. The SMILES string of the molecule is CCS(=C=C(C#N)SSCC#N)(CC)(CC)CC. The van der Waals surface area contributed by atoms with Crippen LogP contribution in [-0.2, 0) is 0 Å². The Morgan fingerprint density at radius 3 is 1.83 bits per heavy atom. The van der Waals surface area contributed by atoms with Crippen molar-refractivity contribution in [1.82, 2.24) is 0 Å². The van der Waals surface area contributed by atoms with Crippen molar-refractivity contribution in [3.63, 3.8) is 0 Å². The molecule has 0 bridgehead atoms. The summed E-state index contributed by atoms with van der Waals surface area (Å²) in [6.07, 6.45) is 0. The maximum absolute atomic E-state index is 9.24. The van der Waals surface area contributed by atoms with Crippen LogP contribution in [0, 0.1) is 22.7 Å². The second-order valence-corrected chi connectivity index (χ2v) is 12.4. The van der Waals surface area contributed by atoms with Gasteiger partial charge in [-0.15, -0.1) is 0 Å². The first-order valence-electron chi connectivity index (χ1n) is 6.15. The molecule has 0 N–H and O–H groups in total. The quantitative estimate of drug-likeness (QED) is 0.307. The van der Waals surface area contributed by atoms with Gasteiger partial charge in [0.05, 0.1) is 11.8 Å². The zero-order valence-corrected chi connectivity index (χ0v) is 14.1. The first-order chi connectivity index (χ1) is 8.55. The predicted molar refractivity (Wildman–Crippen MR) is 89.6 cm³/mol. The van der Waals surface area contributed by atoms with Crippen molar-refractivity contribution < 1.29 is 0 Å². The van der Waals surface area contributed by atoms with Crippen LogP contribution in [0.4, 0.5) is 0 Å². The highest BCUT2D eigenvalue weighted by Gasteiger charge is 2.25. The zero-order valence-electron chi connectivity index (χ0n) is 11.7. The molecule has 0 saturated heterocycles. The summed E-state index contributed by atoms with van der Waals surface area (Å²) >= 11 is 0. The van der Waals surface area contributed by atoms with Gasteiger partial charge in [0.1, 0.15) is 11.0 Å². The first kappa shape index (κ1) is 17.7. The van der Waals surface area contributed by atoms with E-state index in [9.17, 15) is 5.26 Å². The van der Waals surface area contributed by atoms with Crippen LogP contribution in [0.2, 0.25) is 0 Å². The maximum Gasteiger partial charge on any atom is 0.142 e. The van der Waals surface area contributed by atoms with Crippen molar-refractivity contribution in [2.24, 2.45) is 0 Å². The van der Waals surface area contributed by atoms with E-state index in [0.29, 0.717) is 10.7 Å². The highest BCUT2D eigenvalue weighted by molar-refractivity contribution is 8.78. The number of hydrogen-bond donors (Lipinski definition) is 0. The Morgan fingerprint density at radius 1 is 1.00 bits per heavy atom. The number of rotatable bonds is 7. The van der Waals surface area contributed by atoms with Gasteiger partial charge in [0.25, 0.3) is 0 Å². The van der Waals surface area contributed by atoms with Gasteiger partial charge in [0, 0.05) is 0 Å². The van der Waals surface area contributed by atoms with Crippen LogP contribution in [0.1, 0.15) is 27.7 Å². The fourth-order valence-electron chi connectivity index (χ4n) is 1.95. The molecule has 0 aliphatic carbocycles. The van der Waals surface area contributed by atoms with Crippen molar-refractivity contribution in [2.45, 2.75) is 27.7 Å². The molecule has 0 spiro atoms. The minimum Gasteiger partial charge on any atom is -0.212 e. The Labute approximate surface area is 119 Å². The molecule has 0 saturated carbocycles. The second-order valence-electron chi connectivity index (χ2n) is 4.00. The molecule has 5 heteroatoms. The lowest BCUT2D eigenvalue weighted by molar-refractivity contribution is 1.28. The highest BCUT2D eigenvalue weighted by Crippen LogP contribution is 2.56. The molecule has 18 heavy (non-hydrogen) atoms. The van der Waals surface area contributed by atoms with Crippen LogP contribution in [-0.4, -0.2) is 33.8 Å². The van der Waals surface area contributed by atoms with E-state index in [2.05, 4.69) is 44.9 Å². The van der Waals surface area contributed by atoms with E-state index in [4.69, 9.17) is 5.26 Å². The normalized spacial score (nSPS) is 12.7. The Hall–Kier alpha value is -0.320. The summed E-state index contributed by atoms with van der Waals surface area (Å²) < 4.78 is 0. The summed E-state index contributed by atoms with van der Waals surface area (Å²) in [4.78, 5) is 0.657. The van der Waals surface area contributed by atoms with Gasteiger partial charge in [-0.3, -0.25) is 0 Å². The van der Waals surface area contributed by atoms with E-state index in [-0.39, 0.29) is 0 Å². The Morgan fingerprint density at radius 2 is 1.50 bits per heavy atom. The van der Waals surface area contributed by atoms with Gasteiger partial charge in [-0.05, 0) is 33.8 Å². The third-order valence-corrected chi connectivity index (χ3v) is 12.7. The fourth-order valence-corrected chi connectivity index (χ4v) is 7.76. The van der Waals surface area contributed by atoms with Gasteiger partial charge in [-0.1, -0.05) is 43.5 Å². The molecule has 102 valence electrons. The molecule has 0 aliphatic heterocycles. The summed E-state index contributed by atoms with van der Waals surface area (Å²) in [6, 6.07) is 4.32. The minimum atomic E-state index is -1.72. The molecule has 0 heterocycles. The van der Waals surface area contributed by atoms with E-state index < -0.39 is 8.75 Å². The summed E-state index contributed by atoms with van der Waals surface area (Å²) in [7, 11) is 1.10. The average Bonchev–Trinajstić information content (AvgIpc) is 2.44. The summed E-state index contributed by atoms with van der Waals surface area (Å²) in [5, 5.41) is 21.4. The van der Waals surface area contributed by atoms with Crippen LogP contribution in [0.3, 0.4) is 0 Å². The molecular formula is C13H22N2S3. The molecule has 0 aliphatic rings. The molecule has 0 fully saturated rings. The molecular weight excluding hydrogens is 280 g/mol. The second kappa shape index (κ2) is 7.97. The van der Waals surface area contributed by atoms with E-state index in [0.717, 1.165) is 23.0 Å². The molecule has 0 aromatic rings. The fraction of sp³-hybridized carbons (Fsp3) is 0.692. The first-order valence-corrected chi connectivity index (χ1v) is 11.2. The number of allylic oxidation sites excluding steroid dienone is 1. The number of nitrogens with zero attached hydrogens (tertiary/aromatic N) is 2. The molecule has 0 amide bonds. The van der Waals surface area contributed by atoms with E-state index in [1.54, 1.807) is 0 Å². The standard InChI is InChI=1S/C13H22N2S3/c1-5-18(6-2,7-3,8-4)12-13(11-15)17-16-10-9-14/h5-8,10H2,1-4H3. The lowest BCUT2D eigenvalue weighted by Gasteiger charge is -2.45. The molecule has 2 nitrogen and oxygen atoms in total. The third-order valence-electron chi connectivity index (χ3n) is 3.78. The lowest BCUT2D eigenvalue weighted by Crippen LogP contribution is -2.20. The highest BCUT2D eigenvalue weighted by atomic mass is 33.1. The monoisotopic (exact) mass is 302 g/mol. The molecule has 0 rings (SSSR count). The molecule has 0 aromatic heterocycles. The zero-order chi connectivity index (χ0) is 14.1. The summed E-state index contributed by atoms with van der Waals surface area (Å²) in [5.74, 6) is 4.77. The van der Waals surface area contributed by atoms with Crippen LogP contribution < -0.4 is 0 Å². The summed E-state index contributed by atoms with van der Waals surface area (Å²) in [5.41, 5.74) is 0. The summed E-state index contributed by atoms with van der Waals surface area (Å²) in [6.45, 7) is 8.86. The van der Waals surface area contributed by atoms with Crippen molar-refractivity contribution in [2.75, 3.05) is 28.8 Å². The minimum absolute atomic E-state index is 0.404. The van der Waals surface area contributed by atoms with Gasteiger partial charge in [-0.25, -0.2) is 8.75 Å². The Balaban J connectivity index is 5.76. The van der Waals surface area contributed by atoms with Crippen molar-refractivity contribution in [3.05, 3.63) is 4.91 Å². The van der Waals surface area contributed by atoms with Gasteiger partial charge in [-0.2, -0.15) is 10.5 Å². The smallest absolute Gasteiger partial charge is 0.142 e. The molecule has 0 atom stereocenters. The van der Waals surface area contributed by atoms with Gasteiger partial charge >= 0.3 is 0 Å². The van der Waals surface area contributed by atoms with Gasteiger partial charge < -0.3 is 0 Å². The lowest BCUT2D eigenvalue weighted by atomic mass is 10.7. The predicted octanol–water partition coefficient (Wildman–Crippen LogP) is 4.12. The maximum atomic E-state index is 9.24. The average molecular weight is 303 g/mol. The molecule has 0 unspecified atom stereocenters. The van der Waals surface area contributed by atoms with Crippen molar-refractivity contribution >= 4 is 35.4 Å². The van der Waals surface area contributed by atoms with Crippen LogP contribution >= 0.6 is 30.3 Å². The van der Waals surface area contributed by atoms with Crippen molar-refractivity contribution in [1.29, 1.82) is 10.5 Å². The van der Waals surface area contributed by atoms with Crippen molar-refractivity contribution in [3.8, 4) is 12.1 Å². The van der Waals surface area contributed by atoms with Gasteiger partial charge in [0.15, 0.2) is 0 Å². The largest absolute Gasteiger partial charge is 0.212 e. The van der Waals surface area contributed by atoms with Gasteiger partial charge in [0.2, 0.25) is 0 Å².